The molecule has 4 rings (SSSR count). The summed E-state index contributed by atoms with van der Waals surface area (Å²) in [5.41, 5.74) is 0.0417. The number of halogens is 1. The van der Waals surface area contributed by atoms with E-state index in [1.54, 1.807) is 12.1 Å². The van der Waals surface area contributed by atoms with Crippen LogP contribution in [-0.2, 0) is 19.1 Å². The number of rotatable bonds is 3. The maximum Gasteiger partial charge on any atom is 0.349 e. The SMILES string of the molecule is O=C1OC2(CCCC2)OC(=O)C1=Cc1ccc(-c2ccc([N+](=O)[O-])cc2Cl)o1. The van der Waals surface area contributed by atoms with Crippen LogP contribution in [0.5, 0.6) is 0 Å². The van der Waals surface area contributed by atoms with Crippen LogP contribution >= 0.6 is 11.6 Å². The van der Waals surface area contributed by atoms with Crippen LogP contribution in [0.25, 0.3) is 17.4 Å². The highest BCUT2D eigenvalue weighted by molar-refractivity contribution is 6.33. The van der Waals surface area contributed by atoms with Gasteiger partial charge in [-0.25, -0.2) is 9.59 Å². The lowest BCUT2D eigenvalue weighted by atomic mass is 10.1. The fourth-order valence-corrected chi connectivity index (χ4v) is 3.59. The zero-order chi connectivity index (χ0) is 19.9. The molecule has 1 aliphatic heterocycles. The van der Waals surface area contributed by atoms with Gasteiger partial charge in [0.05, 0.1) is 9.95 Å². The largest absolute Gasteiger partial charge is 0.457 e. The van der Waals surface area contributed by atoms with Crippen molar-refractivity contribution in [3.05, 3.63) is 56.8 Å². The lowest BCUT2D eigenvalue weighted by Gasteiger charge is -2.32. The molecular formula is C19H14ClNO7. The molecule has 2 heterocycles. The molecule has 0 N–H and O–H groups in total. The number of carbonyl (C=O) groups excluding carboxylic acids is 2. The molecule has 144 valence electrons. The number of nitro groups is 1. The number of hydrogen-bond acceptors (Lipinski definition) is 7. The van der Waals surface area contributed by atoms with Gasteiger partial charge in [-0.05, 0) is 31.0 Å². The smallest absolute Gasteiger partial charge is 0.349 e. The van der Waals surface area contributed by atoms with E-state index in [-0.39, 0.29) is 22.0 Å². The lowest BCUT2D eigenvalue weighted by Crippen LogP contribution is -2.44. The fourth-order valence-electron chi connectivity index (χ4n) is 3.32. The zero-order valence-corrected chi connectivity index (χ0v) is 15.2. The number of hydrogen-bond donors (Lipinski definition) is 0. The number of esters is 2. The topological polar surface area (TPSA) is 109 Å². The summed E-state index contributed by atoms with van der Waals surface area (Å²) in [5.74, 6) is -2.08. The Balaban J connectivity index is 1.59. The van der Waals surface area contributed by atoms with Crippen LogP contribution in [-0.4, -0.2) is 22.6 Å². The maximum absolute atomic E-state index is 12.3. The molecule has 1 aliphatic carbocycles. The molecule has 2 aromatic rings. The van der Waals surface area contributed by atoms with Crippen molar-refractivity contribution < 1.29 is 28.4 Å². The van der Waals surface area contributed by atoms with Crippen molar-refractivity contribution in [3.63, 3.8) is 0 Å². The zero-order valence-electron chi connectivity index (χ0n) is 14.5. The molecule has 2 fully saturated rings. The third-order valence-electron chi connectivity index (χ3n) is 4.70. The molecule has 9 heteroatoms. The number of nitro benzene ring substituents is 1. The predicted octanol–water partition coefficient (Wildman–Crippen LogP) is 4.26. The van der Waals surface area contributed by atoms with Gasteiger partial charge in [0.2, 0.25) is 0 Å². The first-order chi connectivity index (χ1) is 13.4. The first-order valence-electron chi connectivity index (χ1n) is 8.59. The number of ether oxygens (including phenoxy) is 2. The summed E-state index contributed by atoms with van der Waals surface area (Å²) in [7, 11) is 0. The first-order valence-corrected chi connectivity index (χ1v) is 8.97. The molecular weight excluding hydrogens is 390 g/mol. The minimum Gasteiger partial charge on any atom is -0.457 e. The lowest BCUT2D eigenvalue weighted by molar-refractivity contribution is -0.384. The van der Waals surface area contributed by atoms with E-state index in [1.807, 2.05) is 0 Å². The molecule has 0 bridgehead atoms. The molecule has 28 heavy (non-hydrogen) atoms. The second kappa shape index (κ2) is 6.79. The van der Waals surface area contributed by atoms with Crippen LogP contribution in [0, 0.1) is 10.1 Å². The van der Waals surface area contributed by atoms with Crippen molar-refractivity contribution >= 4 is 35.3 Å². The summed E-state index contributed by atoms with van der Waals surface area (Å²) in [5, 5.41) is 11.0. The minimum absolute atomic E-state index is 0.141. The van der Waals surface area contributed by atoms with E-state index < -0.39 is 22.6 Å². The highest BCUT2D eigenvalue weighted by Gasteiger charge is 2.48. The van der Waals surface area contributed by atoms with Gasteiger partial charge in [-0.2, -0.15) is 0 Å². The second-order valence-electron chi connectivity index (χ2n) is 6.58. The van der Waals surface area contributed by atoms with Crippen LogP contribution in [0.3, 0.4) is 0 Å². The molecule has 1 aromatic heterocycles. The van der Waals surface area contributed by atoms with Crippen molar-refractivity contribution in [1.82, 2.24) is 0 Å². The summed E-state index contributed by atoms with van der Waals surface area (Å²) in [6.45, 7) is 0. The van der Waals surface area contributed by atoms with Crippen LogP contribution in [0.15, 0.2) is 40.3 Å². The quantitative estimate of drug-likeness (QED) is 0.247. The fraction of sp³-hybridized carbons (Fsp3) is 0.263. The number of nitrogens with zero attached hydrogens (tertiary/aromatic N) is 1. The van der Waals surface area contributed by atoms with E-state index in [1.165, 1.54) is 24.3 Å². The Labute approximate surface area is 163 Å². The Kier molecular flexibility index (Phi) is 4.43. The third kappa shape index (κ3) is 3.27. The van der Waals surface area contributed by atoms with E-state index in [4.69, 9.17) is 25.5 Å². The van der Waals surface area contributed by atoms with Crippen molar-refractivity contribution in [2.24, 2.45) is 0 Å². The molecule has 2 aliphatic rings. The van der Waals surface area contributed by atoms with E-state index in [9.17, 15) is 19.7 Å². The molecule has 0 atom stereocenters. The molecule has 1 aromatic carbocycles. The van der Waals surface area contributed by atoms with Gasteiger partial charge in [0, 0.05) is 36.6 Å². The first kappa shape index (κ1) is 18.2. The standard InChI is InChI=1S/C19H14ClNO7/c20-15-9-11(21(24)25)3-5-13(15)16-6-4-12(26-16)10-14-17(22)27-19(28-18(14)23)7-1-2-8-19/h3-6,9-10H,1-2,7-8H2. The maximum atomic E-state index is 12.3. The molecule has 1 spiro atoms. The average Bonchev–Trinajstić information content (AvgIpc) is 3.28. The second-order valence-corrected chi connectivity index (χ2v) is 6.99. The van der Waals surface area contributed by atoms with E-state index in [0.717, 1.165) is 12.8 Å². The summed E-state index contributed by atoms with van der Waals surface area (Å²) in [4.78, 5) is 34.8. The number of carbonyl (C=O) groups is 2. The number of furan rings is 1. The third-order valence-corrected chi connectivity index (χ3v) is 5.02. The van der Waals surface area contributed by atoms with Crippen LogP contribution < -0.4 is 0 Å². The van der Waals surface area contributed by atoms with Gasteiger partial charge in [-0.1, -0.05) is 11.6 Å². The highest BCUT2D eigenvalue weighted by Crippen LogP contribution is 2.39. The normalized spacial score (nSPS) is 18.1. The minimum atomic E-state index is -1.13. The predicted molar refractivity (Wildman–Crippen MR) is 97.2 cm³/mol. The Hall–Kier alpha value is -3.13. The Morgan fingerprint density at radius 2 is 1.75 bits per heavy atom. The van der Waals surface area contributed by atoms with Crippen molar-refractivity contribution in [1.29, 1.82) is 0 Å². The van der Waals surface area contributed by atoms with E-state index in [2.05, 4.69) is 0 Å². The van der Waals surface area contributed by atoms with Crippen LogP contribution in [0.2, 0.25) is 5.02 Å². The Bertz CT molecular complexity index is 995. The van der Waals surface area contributed by atoms with Gasteiger partial charge < -0.3 is 13.9 Å². The van der Waals surface area contributed by atoms with Gasteiger partial charge in [0.15, 0.2) is 0 Å². The van der Waals surface area contributed by atoms with Crippen molar-refractivity contribution in [2.45, 2.75) is 31.5 Å². The highest BCUT2D eigenvalue weighted by atomic mass is 35.5. The van der Waals surface area contributed by atoms with Gasteiger partial charge in [0.1, 0.15) is 17.1 Å². The Morgan fingerprint density at radius 1 is 1.07 bits per heavy atom. The van der Waals surface area contributed by atoms with Crippen molar-refractivity contribution in [3.8, 4) is 11.3 Å². The van der Waals surface area contributed by atoms with Crippen molar-refractivity contribution in [2.75, 3.05) is 0 Å². The van der Waals surface area contributed by atoms with Crippen LogP contribution in [0.4, 0.5) is 5.69 Å². The van der Waals surface area contributed by atoms with Crippen LogP contribution in [0.1, 0.15) is 31.4 Å². The molecule has 8 nitrogen and oxygen atoms in total. The van der Waals surface area contributed by atoms with Gasteiger partial charge in [0.25, 0.3) is 11.5 Å². The number of benzene rings is 1. The van der Waals surface area contributed by atoms with E-state index in [0.29, 0.717) is 24.2 Å². The summed E-state index contributed by atoms with van der Waals surface area (Å²) >= 11 is 6.10. The summed E-state index contributed by atoms with van der Waals surface area (Å²) in [6.07, 6.45) is 3.91. The summed E-state index contributed by atoms with van der Waals surface area (Å²) in [6, 6.07) is 7.11. The van der Waals surface area contributed by atoms with Gasteiger partial charge in [-0.3, -0.25) is 10.1 Å². The van der Waals surface area contributed by atoms with Gasteiger partial charge >= 0.3 is 11.9 Å². The van der Waals surface area contributed by atoms with Gasteiger partial charge in [-0.15, -0.1) is 0 Å². The molecule has 0 unspecified atom stereocenters. The monoisotopic (exact) mass is 403 g/mol. The Morgan fingerprint density at radius 3 is 2.36 bits per heavy atom. The number of non-ortho nitro benzene ring substituents is 1. The molecule has 0 amide bonds. The average molecular weight is 404 g/mol. The summed E-state index contributed by atoms with van der Waals surface area (Å²) < 4.78 is 16.3. The molecule has 1 saturated carbocycles. The molecule has 1 saturated heterocycles. The molecule has 0 radical (unpaired) electrons. The van der Waals surface area contributed by atoms with E-state index >= 15 is 0 Å².